The number of benzene rings is 2. The topological polar surface area (TPSA) is 54.6 Å². The van der Waals surface area contributed by atoms with Crippen molar-refractivity contribution in [3.8, 4) is 11.8 Å². The van der Waals surface area contributed by atoms with E-state index in [0.29, 0.717) is 16.7 Å². The monoisotopic (exact) mass is 320 g/mol. The summed E-state index contributed by atoms with van der Waals surface area (Å²) in [7, 11) is 0. The standard InChI is InChI=1S/C16H11F3N2O2/c17-16(18,19)23-15-6-2-5-14(8-15)11-22-21-10-13-4-1-3-12(7-13)9-20/h1-8,10H,11H2. The Hall–Kier alpha value is -3.01. The maximum Gasteiger partial charge on any atom is 0.573 e. The van der Waals surface area contributed by atoms with Crippen LogP contribution in [0.1, 0.15) is 16.7 Å². The average molecular weight is 320 g/mol. The van der Waals surface area contributed by atoms with Crippen molar-refractivity contribution in [2.24, 2.45) is 5.16 Å². The van der Waals surface area contributed by atoms with E-state index in [9.17, 15) is 13.2 Å². The predicted octanol–water partition coefficient (Wildman–Crippen LogP) is 4.01. The van der Waals surface area contributed by atoms with Crippen LogP contribution in [0.5, 0.6) is 5.75 Å². The summed E-state index contributed by atoms with van der Waals surface area (Å²) >= 11 is 0. The second-order valence-corrected chi connectivity index (χ2v) is 4.44. The maximum atomic E-state index is 12.1. The van der Waals surface area contributed by atoms with Crippen molar-refractivity contribution in [1.29, 1.82) is 5.26 Å². The minimum atomic E-state index is -4.73. The van der Waals surface area contributed by atoms with Crippen LogP contribution in [-0.4, -0.2) is 12.6 Å². The van der Waals surface area contributed by atoms with Gasteiger partial charge in [0.2, 0.25) is 0 Å². The van der Waals surface area contributed by atoms with Crippen molar-refractivity contribution < 1.29 is 22.7 Å². The molecule has 0 N–H and O–H groups in total. The van der Waals surface area contributed by atoms with E-state index in [0.717, 1.165) is 0 Å². The summed E-state index contributed by atoms with van der Waals surface area (Å²) in [5, 5.41) is 12.5. The first-order chi connectivity index (χ1) is 11.0. The third-order valence-electron chi connectivity index (χ3n) is 2.66. The van der Waals surface area contributed by atoms with Crippen molar-refractivity contribution in [1.82, 2.24) is 0 Å². The van der Waals surface area contributed by atoms with Crippen LogP contribution < -0.4 is 4.74 Å². The lowest BCUT2D eigenvalue weighted by Gasteiger charge is -2.09. The second-order valence-electron chi connectivity index (χ2n) is 4.44. The molecule has 2 rings (SSSR count). The molecule has 2 aromatic rings. The Labute approximate surface area is 130 Å². The Kier molecular flexibility index (Phi) is 5.20. The average Bonchev–Trinajstić information content (AvgIpc) is 2.50. The minimum Gasteiger partial charge on any atom is -0.406 e. The first-order valence-corrected chi connectivity index (χ1v) is 6.46. The fourth-order valence-electron chi connectivity index (χ4n) is 1.73. The summed E-state index contributed by atoms with van der Waals surface area (Å²) in [6, 6.07) is 14.2. The molecule has 0 spiro atoms. The second kappa shape index (κ2) is 7.31. The molecule has 0 unspecified atom stereocenters. The molecule has 0 saturated carbocycles. The van der Waals surface area contributed by atoms with Gasteiger partial charge < -0.3 is 9.57 Å². The molecule has 0 saturated heterocycles. The summed E-state index contributed by atoms with van der Waals surface area (Å²) in [6.45, 7) is -0.0104. The Morgan fingerprint density at radius 3 is 2.65 bits per heavy atom. The summed E-state index contributed by atoms with van der Waals surface area (Å²) in [4.78, 5) is 5.03. The van der Waals surface area contributed by atoms with Gasteiger partial charge in [0, 0.05) is 0 Å². The van der Waals surface area contributed by atoms with E-state index in [4.69, 9.17) is 10.1 Å². The summed E-state index contributed by atoms with van der Waals surface area (Å²) in [5.74, 6) is -0.315. The lowest BCUT2D eigenvalue weighted by atomic mass is 10.1. The van der Waals surface area contributed by atoms with Gasteiger partial charge >= 0.3 is 6.36 Å². The number of nitrogens with zero attached hydrogens (tertiary/aromatic N) is 2. The van der Waals surface area contributed by atoms with Crippen molar-refractivity contribution >= 4 is 6.21 Å². The smallest absolute Gasteiger partial charge is 0.406 e. The van der Waals surface area contributed by atoms with Crippen molar-refractivity contribution in [2.75, 3.05) is 0 Å². The van der Waals surface area contributed by atoms with Gasteiger partial charge in [-0.1, -0.05) is 29.4 Å². The van der Waals surface area contributed by atoms with E-state index in [1.54, 1.807) is 30.3 Å². The van der Waals surface area contributed by atoms with Gasteiger partial charge in [-0.15, -0.1) is 13.2 Å². The highest BCUT2D eigenvalue weighted by Gasteiger charge is 2.31. The fraction of sp³-hybridized carbons (Fsp3) is 0.125. The molecule has 0 aromatic heterocycles. The van der Waals surface area contributed by atoms with E-state index < -0.39 is 6.36 Å². The zero-order valence-corrected chi connectivity index (χ0v) is 11.7. The number of nitriles is 1. The highest BCUT2D eigenvalue weighted by atomic mass is 19.4. The van der Waals surface area contributed by atoms with Gasteiger partial charge in [-0.25, -0.2) is 0 Å². The van der Waals surface area contributed by atoms with Gasteiger partial charge in [-0.05, 0) is 35.4 Å². The van der Waals surface area contributed by atoms with Gasteiger partial charge in [0.05, 0.1) is 17.8 Å². The zero-order chi connectivity index (χ0) is 16.7. The van der Waals surface area contributed by atoms with E-state index in [-0.39, 0.29) is 12.4 Å². The Morgan fingerprint density at radius 1 is 1.13 bits per heavy atom. The van der Waals surface area contributed by atoms with Crippen LogP contribution in [0.3, 0.4) is 0 Å². The molecular weight excluding hydrogens is 309 g/mol. The minimum absolute atomic E-state index is 0.0104. The number of hydrogen-bond acceptors (Lipinski definition) is 4. The molecule has 0 fully saturated rings. The summed E-state index contributed by atoms with van der Waals surface area (Å²) in [6.07, 6.45) is -3.32. The van der Waals surface area contributed by atoms with Gasteiger partial charge in [0.15, 0.2) is 0 Å². The normalized spacial score (nSPS) is 11.2. The SMILES string of the molecule is N#Cc1cccc(C=NOCc2cccc(OC(F)(F)F)c2)c1. The van der Waals surface area contributed by atoms with Gasteiger partial charge in [0.25, 0.3) is 0 Å². The molecule has 0 aliphatic rings. The largest absolute Gasteiger partial charge is 0.573 e. The third-order valence-corrected chi connectivity index (χ3v) is 2.66. The number of halogens is 3. The van der Waals surface area contributed by atoms with Crippen LogP contribution >= 0.6 is 0 Å². The maximum absolute atomic E-state index is 12.1. The Balaban J connectivity index is 1.92. The van der Waals surface area contributed by atoms with Crippen molar-refractivity contribution in [3.05, 3.63) is 65.2 Å². The van der Waals surface area contributed by atoms with Gasteiger partial charge in [-0.3, -0.25) is 0 Å². The van der Waals surface area contributed by atoms with Crippen LogP contribution in [0.25, 0.3) is 0 Å². The fourth-order valence-corrected chi connectivity index (χ4v) is 1.73. The van der Waals surface area contributed by atoms with E-state index >= 15 is 0 Å². The molecule has 4 nitrogen and oxygen atoms in total. The van der Waals surface area contributed by atoms with Crippen molar-refractivity contribution in [3.63, 3.8) is 0 Å². The number of alkyl halides is 3. The van der Waals surface area contributed by atoms with Crippen LogP contribution in [-0.2, 0) is 11.4 Å². The van der Waals surface area contributed by atoms with Crippen LogP contribution in [0.2, 0.25) is 0 Å². The molecule has 0 radical (unpaired) electrons. The molecule has 0 bridgehead atoms. The van der Waals surface area contributed by atoms with E-state index in [1.165, 1.54) is 24.4 Å². The first kappa shape index (κ1) is 16.4. The van der Waals surface area contributed by atoms with E-state index in [1.807, 2.05) is 6.07 Å². The molecule has 0 atom stereocenters. The Bertz CT molecular complexity index is 737. The highest BCUT2D eigenvalue weighted by molar-refractivity contribution is 5.79. The predicted molar refractivity (Wildman–Crippen MR) is 76.7 cm³/mol. The summed E-state index contributed by atoms with van der Waals surface area (Å²) < 4.78 is 40.2. The van der Waals surface area contributed by atoms with Crippen LogP contribution in [0.15, 0.2) is 53.7 Å². The zero-order valence-electron chi connectivity index (χ0n) is 11.7. The third kappa shape index (κ3) is 5.71. The molecule has 0 aliphatic heterocycles. The summed E-state index contributed by atoms with van der Waals surface area (Å²) in [5.41, 5.74) is 1.65. The van der Waals surface area contributed by atoms with Crippen molar-refractivity contribution in [2.45, 2.75) is 13.0 Å². The first-order valence-electron chi connectivity index (χ1n) is 6.46. The molecular formula is C16H11F3N2O2. The molecule has 0 aliphatic carbocycles. The molecule has 0 amide bonds. The molecule has 0 heterocycles. The number of oxime groups is 1. The van der Waals surface area contributed by atoms with Gasteiger partial charge in [-0.2, -0.15) is 5.26 Å². The van der Waals surface area contributed by atoms with E-state index in [2.05, 4.69) is 9.89 Å². The van der Waals surface area contributed by atoms with Crippen LogP contribution in [0, 0.1) is 11.3 Å². The molecule has 118 valence electrons. The Morgan fingerprint density at radius 2 is 1.91 bits per heavy atom. The number of hydrogen-bond donors (Lipinski definition) is 0. The van der Waals surface area contributed by atoms with Crippen LogP contribution in [0.4, 0.5) is 13.2 Å². The molecule has 7 heteroatoms. The van der Waals surface area contributed by atoms with Gasteiger partial charge in [0.1, 0.15) is 12.4 Å². The molecule has 2 aromatic carbocycles. The number of ether oxygens (including phenoxy) is 1. The lowest BCUT2D eigenvalue weighted by Crippen LogP contribution is -2.17. The number of rotatable bonds is 5. The molecule has 23 heavy (non-hydrogen) atoms. The highest BCUT2D eigenvalue weighted by Crippen LogP contribution is 2.23. The quantitative estimate of drug-likeness (QED) is 0.618. The lowest BCUT2D eigenvalue weighted by molar-refractivity contribution is -0.274.